The first-order chi connectivity index (χ1) is 8.81. The molecular weight excluding hydrogens is 281 g/mol. The van der Waals surface area contributed by atoms with Gasteiger partial charge in [0.05, 0.1) is 13.1 Å². The van der Waals surface area contributed by atoms with E-state index in [9.17, 15) is 13.2 Å². The van der Waals surface area contributed by atoms with Gasteiger partial charge in [-0.2, -0.15) is 18.3 Å². The highest BCUT2D eigenvalue weighted by atomic mass is 35.5. The Morgan fingerprint density at radius 2 is 2.11 bits per heavy atom. The van der Waals surface area contributed by atoms with Crippen molar-refractivity contribution in [3.63, 3.8) is 0 Å². The highest BCUT2D eigenvalue weighted by molar-refractivity contribution is 6.18. The summed E-state index contributed by atoms with van der Waals surface area (Å²) in [6.45, 7) is 3.92. The molecule has 1 aromatic heterocycles. The summed E-state index contributed by atoms with van der Waals surface area (Å²) in [5.41, 5.74) is 0. The van der Waals surface area contributed by atoms with Gasteiger partial charge in [0.25, 0.3) is 0 Å². The fourth-order valence-corrected chi connectivity index (χ4v) is 1.94. The summed E-state index contributed by atoms with van der Waals surface area (Å²) in [5.74, 6) is 1.03. The maximum absolute atomic E-state index is 12.4. The molecular formula is C11H18ClF3N4. The Morgan fingerprint density at radius 1 is 1.42 bits per heavy atom. The third kappa shape index (κ3) is 6.24. The molecule has 0 spiro atoms. The van der Waals surface area contributed by atoms with Crippen molar-refractivity contribution in [2.75, 3.05) is 19.0 Å². The van der Waals surface area contributed by atoms with Crippen LogP contribution in [0.1, 0.15) is 19.7 Å². The van der Waals surface area contributed by atoms with Crippen LogP contribution in [0.15, 0.2) is 6.33 Å². The topological polar surface area (TPSA) is 34.0 Å². The summed E-state index contributed by atoms with van der Waals surface area (Å²) >= 11 is 5.54. The minimum atomic E-state index is -4.24. The fourth-order valence-electron chi connectivity index (χ4n) is 1.70. The van der Waals surface area contributed by atoms with Crippen LogP contribution >= 0.6 is 11.6 Å². The van der Waals surface area contributed by atoms with E-state index in [1.54, 1.807) is 4.68 Å². The zero-order valence-corrected chi connectivity index (χ0v) is 11.7. The number of hydrogen-bond donors (Lipinski definition) is 0. The fraction of sp³-hybridized carbons (Fsp3) is 0.818. The van der Waals surface area contributed by atoms with Gasteiger partial charge < -0.3 is 0 Å². The van der Waals surface area contributed by atoms with E-state index in [1.165, 1.54) is 11.2 Å². The van der Waals surface area contributed by atoms with E-state index in [0.29, 0.717) is 18.3 Å². The second-order valence-corrected chi connectivity index (χ2v) is 5.15. The molecule has 0 atom stereocenters. The van der Waals surface area contributed by atoms with Crippen molar-refractivity contribution in [3.8, 4) is 0 Å². The lowest BCUT2D eigenvalue weighted by Crippen LogP contribution is -2.36. The highest BCUT2D eigenvalue weighted by Crippen LogP contribution is 2.17. The van der Waals surface area contributed by atoms with E-state index in [1.807, 2.05) is 13.8 Å². The predicted octanol–water partition coefficient (Wildman–Crippen LogP) is 2.54. The molecule has 0 N–H and O–H groups in total. The minimum absolute atomic E-state index is 0.0962. The lowest BCUT2D eigenvalue weighted by atomic mass is 10.2. The molecule has 0 radical (unpaired) electrons. The molecule has 0 amide bonds. The lowest BCUT2D eigenvalue weighted by molar-refractivity contribution is -0.146. The summed E-state index contributed by atoms with van der Waals surface area (Å²) in [5, 5.41) is 4.03. The third-order valence-electron chi connectivity index (χ3n) is 2.40. The van der Waals surface area contributed by atoms with Gasteiger partial charge in [-0.1, -0.05) is 13.8 Å². The SMILES string of the molecule is CC(C)Cn1ncnc1CN(CCCl)CC(F)(F)F. The standard InChI is InChI=1S/C11H18ClF3N4/c1-9(2)5-19-10(16-8-17-19)6-18(4-3-12)7-11(13,14)15/h8-9H,3-7H2,1-2H3. The van der Waals surface area contributed by atoms with Crippen LogP contribution < -0.4 is 0 Å². The van der Waals surface area contributed by atoms with E-state index in [4.69, 9.17) is 11.6 Å². The Hall–Kier alpha value is -0.820. The third-order valence-corrected chi connectivity index (χ3v) is 2.57. The lowest BCUT2D eigenvalue weighted by Gasteiger charge is -2.22. The summed E-state index contributed by atoms with van der Waals surface area (Å²) in [7, 11) is 0. The predicted molar refractivity (Wildman–Crippen MR) is 66.9 cm³/mol. The number of rotatable bonds is 7. The molecule has 110 valence electrons. The van der Waals surface area contributed by atoms with E-state index < -0.39 is 12.7 Å². The molecule has 0 fully saturated rings. The smallest absolute Gasteiger partial charge is 0.286 e. The summed E-state index contributed by atoms with van der Waals surface area (Å²) < 4.78 is 39.0. The Morgan fingerprint density at radius 3 is 2.63 bits per heavy atom. The largest absolute Gasteiger partial charge is 0.401 e. The molecule has 19 heavy (non-hydrogen) atoms. The zero-order chi connectivity index (χ0) is 14.5. The second-order valence-electron chi connectivity index (χ2n) is 4.77. The number of halogens is 4. The maximum atomic E-state index is 12.4. The first-order valence-corrected chi connectivity index (χ1v) is 6.57. The van der Waals surface area contributed by atoms with Crippen LogP contribution in [0, 0.1) is 5.92 Å². The van der Waals surface area contributed by atoms with Gasteiger partial charge in [0.15, 0.2) is 0 Å². The van der Waals surface area contributed by atoms with E-state index >= 15 is 0 Å². The van der Waals surface area contributed by atoms with Crippen molar-refractivity contribution < 1.29 is 13.2 Å². The van der Waals surface area contributed by atoms with Gasteiger partial charge in [-0.15, -0.1) is 11.6 Å². The van der Waals surface area contributed by atoms with Gasteiger partial charge in [0.1, 0.15) is 12.2 Å². The molecule has 1 rings (SSSR count). The van der Waals surface area contributed by atoms with Crippen LogP contribution in [0.5, 0.6) is 0 Å². The molecule has 0 saturated heterocycles. The highest BCUT2D eigenvalue weighted by Gasteiger charge is 2.31. The molecule has 0 saturated carbocycles. The summed E-state index contributed by atoms with van der Waals surface area (Å²) in [4.78, 5) is 5.25. The zero-order valence-electron chi connectivity index (χ0n) is 11.0. The van der Waals surface area contributed by atoms with Crippen LogP contribution in [0.3, 0.4) is 0 Å². The van der Waals surface area contributed by atoms with E-state index in [2.05, 4.69) is 10.1 Å². The van der Waals surface area contributed by atoms with Crippen LogP contribution in [0.2, 0.25) is 0 Å². The van der Waals surface area contributed by atoms with E-state index in [-0.39, 0.29) is 19.0 Å². The van der Waals surface area contributed by atoms with Gasteiger partial charge >= 0.3 is 6.18 Å². The first-order valence-electron chi connectivity index (χ1n) is 6.03. The average molecular weight is 299 g/mol. The molecule has 0 aliphatic heterocycles. The number of alkyl halides is 4. The van der Waals surface area contributed by atoms with Gasteiger partial charge in [0, 0.05) is 19.0 Å². The van der Waals surface area contributed by atoms with Crippen molar-refractivity contribution >= 4 is 11.6 Å². The van der Waals surface area contributed by atoms with Crippen LogP contribution in [0.25, 0.3) is 0 Å². The van der Waals surface area contributed by atoms with Crippen molar-refractivity contribution in [2.45, 2.75) is 33.1 Å². The van der Waals surface area contributed by atoms with Gasteiger partial charge in [-0.25, -0.2) is 9.67 Å². The van der Waals surface area contributed by atoms with Crippen molar-refractivity contribution in [3.05, 3.63) is 12.2 Å². The number of aromatic nitrogens is 3. The first kappa shape index (κ1) is 16.2. The second kappa shape index (κ2) is 7.09. The molecule has 1 aromatic rings. The summed E-state index contributed by atoms with van der Waals surface area (Å²) in [6.07, 6.45) is -2.88. The molecule has 0 aliphatic carbocycles. The molecule has 0 bridgehead atoms. The molecule has 0 unspecified atom stereocenters. The van der Waals surface area contributed by atoms with Gasteiger partial charge in [-0.05, 0) is 5.92 Å². The van der Waals surface area contributed by atoms with Gasteiger partial charge in [-0.3, -0.25) is 4.90 Å². The Balaban J connectivity index is 2.70. The number of nitrogens with zero attached hydrogens (tertiary/aromatic N) is 4. The van der Waals surface area contributed by atoms with Crippen molar-refractivity contribution in [1.82, 2.24) is 19.7 Å². The molecule has 8 heteroatoms. The molecule has 4 nitrogen and oxygen atoms in total. The van der Waals surface area contributed by atoms with Crippen LogP contribution in [-0.4, -0.2) is 44.8 Å². The normalized spacial score (nSPS) is 12.6. The van der Waals surface area contributed by atoms with Crippen LogP contribution in [0.4, 0.5) is 13.2 Å². The van der Waals surface area contributed by atoms with E-state index in [0.717, 1.165) is 0 Å². The monoisotopic (exact) mass is 298 g/mol. The quantitative estimate of drug-likeness (QED) is 0.726. The molecule has 0 aromatic carbocycles. The van der Waals surface area contributed by atoms with Crippen LogP contribution in [-0.2, 0) is 13.1 Å². The molecule has 0 aliphatic rings. The molecule has 1 heterocycles. The van der Waals surface area contributed by atoms with Crippen molar-refractivity contribution in [2.24, 2.45) is 5.92 Å². The average Bonchev–Trinajstić information content (AvgIpc) is 2.62. The minimum Gasteiger partial charge on any atom is -0.286 e. The number of hydrogen-bond acceptors (Lipinski definition) is 3. The Kier molecular flexibility index (Phi) is 6.06. The Bertz CT molecular complexity index is 378. The Labute approximate surface area is 115 Å². The summed E-state index contributed by atoms with van der Waals surface area (Å²) in [6, 6.07) is 0. The maximum Gasteiger partial charge on any atom is 0.401 e. The van der Waals surface area contributed by atoms with Crippen molar-refractivity contribution in [1.29, 1.82) is 0 Å². The van der Waals surface area contributed by atoms with Gasteiger partial charge in [0.2, 0.25) is 0 Å².